The van der Waals surface area contributed by atoms with Crippen LogP contribution < -0.4 is 9.64 Å². The highest BCUT2D eigenvalue weighted by Crippen LogP contribution is 2.25. The minimum atomic E-state index is -1.02. The lowest BCUT2D eigenvalue weighted by Crippen LogP contribution is -2.48. The van der Waals surface area contributed by atoms with E-state index in [2.05, 4.69) is 4.90 Å². The first-order valence-electron chi connectivity index (χ1n) is 10.6. The number of carbonyl (C=O) groups excluding carboxylic acids is 1. The highest BCUT2D eigenvalue weighted by Gasteiger charge is 2.24. The van der Waals surface area contributed by atoms with Crippen LogP contribution in [0.3, 0.4) is 0 Å². The molecular formula is C25H27N3O4. The third-order valence-electron chi connectivity index (χ3n) is 5.97. The normalized spacial score (nSPS) is 13.8. The van der Waals surface area contributed by atoms with Gasteiger partial charge in [-0.15, -0.1) is 0 Å². The van der Waals surface area contributed by atoms with Crippen LogP contribution in [0.2, 0.25) is 0 Å². The molecule has 1 saturated heterocycles. The standard InChI is InChI=1S/C25H27N3O4/c1-17-7-8-18(2)28(17)23-15-19(9-10-22(23)25(30)31)24(29)27-13-11-26(12-14-27)20-5-4-6-21(16-20)32-3/h4-10,15-16H,11-14H2,1-3H3,(H,30,31). The minimum absolute atomic E-state index is 0.0871. The summed E-state index contributed by atoms with van der Waals surface area (Å²) in [5, 5.41) is 9.68. The van der Waals surface area contributed by atoms with E-state index in [0.717, 1.165) is 35.9 Å². The van der Waals surface area contributed by atoms with Gasteiger partial charge in [-0.05, 0) is 56.3 Å². The lowest BCUT2D eigenvalue weighted by atomic mass is 10.1. The van der Waals surface area contributed by atoms with Crippen molar-refractivity contribution in [3.05, 3.63) is 77.1 Å². The molecular weight excluding hydrogens is 406 g/mol. The molecule has 1 amide bonds. The summed E-state index contributed by atoms with van der Waals surface area (Å²) in [6, 6.07) is 16.6. The number of anilines is 1. The Hall–Kier alpha value is -3.74. The maximum absolute atomic E-state index is 13.2. The molecule has 7 nitrogen and oxygen atoms in total. The summed E-state index contributed by atoms with van der Waals surface area (Å²) < 4.78 is 7.19. The van der Waals surface area contributed by atoms with Crippen molar-refractivity contribution in [1.82, 2.24) is 9.47 Å². The molecule has 0 atom stereocenters. The van der Waals surface area contributed by atoms with Crippen LogP contribution in [0.25, 0.3) is 5.69 Å². The molecule has 7 heteroatoms. The summed E-state index contributed by atoms with van der Waals surface area (Å²) in [7, 11) is 1.65. The van der Waals surface area contributed by atoms with E-state index in [9.17, 15) is 14.7 Å². The largest absolute Gasteiger partial charge is 0.497 e. The number of ether oxygens (including phenoxy) is 1. The number of aromatic carboxylic acids is 1. The summed E-state index contributed by atoms with van der Waals surface area (Å²) >= 11 is 0. The quantitative estimate of drug-likeness (QED) is 0.663. The fraction of sp³-hybridized carbons (Fsp3) is 0.280. The molecule has 0 radical (unpaired) electrons. The van der Waals surface area contributed by atoms with Gasteiger partial charge in [-0.2, -0.15) is 0 Å². The van der Waals surface area contributed by atoms with Crippen molar-refractivity contribution in [3.8, 4) is 11.4 Å². The number of aromatic nitrogens is 1. The molecule has 1 aromatic heterocycles. The van der Waals surface area contributed by atoms with Crippen LogP contribution in [0.4, 0.5) is 5.69 Å². The second kappa shape index (κ2) is 8.78. The molecule has 0 saturated carbocycles. The van der Waals surface area contributed by atoms with E-state index < -0.39 is 5.97 Å². The van der Waals surface area contributed by atoms with E-state index in [1.807, 2.05) is 59.7 Å². The zero-order valence-corrected chi connectivity index (χ0v) is 18.5. The number of rotatable bonds is 5. The van der Waals surface area contributed by atoms with E-state index >= 15 is 0 Å². The third kappa shape index (κ3) is 4.06. The van der Waals surface area contributed by atoms with E-state index in [0.29, 0.717) is 24.3 Å². The van der Waals surface area contributed by atoms with E-state index in [-0.39, 0.29) is 11.5 Å². The number of hydrogen-bond donors (Lipinski definition) is 1. The maximum Gasteiger partial charge on any atom is 0.337 e. The van der Waals surface area contributed by atoms with Gasteiger partial charge in [-0.3, -0.25) is 4.79 Å². The molecule has 2 aromatic carbocycles. The Balaban J connectivity index is 1.55. The number of methoxy groups -OCH3 is 1. The molecule has 1 aliphatic rings. The molecule has 166 valence electrons. The van der Waals surface area contributed by atoms with E-state index in [1.165, 1.54) is 6.07 Å². The first-order chi connectivity index (χ1) is 15.4. The Morgan fingerprint density at radius 1 is 0.906 bits per heavy atom. The summed E-state index contributed by atoms with van der Waals surface area (Å²) in [5.74, 6) is -0.294. The first-order valence-corrected chi connectivity index (χ1v) is 10.6. The molecule has 1 aliphatic heterocycles. The maximum atomic E-state index is 13.2. The topological polar surface area (TPSA) is 75.0 Å². The smallest absolute Gasteiger partial charge is 0.337 e. The molecule has 3 aromatic rings. The predicted octanol–water partition coefficient (Wildman–Crippen LogP) is 3.76. The van der Waals surface area contributed by atoms with Crippen LogP contribution >= 0.6 is 0 Å². The Morgan fingerprint density at radius 2 is 1.59 bits per heavy atom. The minimum Gasteiger partial charge on any atom is -0.497 e. The zero-order valence-electron chi connectivity index (χ0n) is 18.5. The molecule has 0 unspecified atom stereocenters. The third-order valence-corrected chi connectivity index (χ3v) is 5.97. The van der Waals surface area contributed by atoms with Gasteiger partial charge in [0.25, 0.3) is 5.91 Å². The summed E-state index contributed by atoms with van der Waals surface area (Å²) in [4.78, 5) is 29.1. The molecule has 1 N–H and O–H groups in total. The van der Waals surface area contributed by atoms with Crippen molar-refractivity contribution in [1.29, 1.82) is 0 Å². The average molecular weight is 434 g/mol. The number of carboxylic acid groups (broad SMARTS) is 1. The van der Waals surface area contributed by atoms with Gasteiger partial charge in [0.2, 0.25) is 0 Å². The van der Waals surface area contributed by atoms with Crippen LogP contribution in [0.1, 0.15) is 32.1 Å². The number of aryl methyl sites for hydroxylation is 2. The van der Waals surface area contributed by atoms with Crippen molar-refractivity contribution < 1.29 is 19.4 Å². The predicted molar refractivity (Wildman–Crippen MR) is 123 cm³/mol. The van der Waals surface area contributed by atoms with Gasteiger partial charge >= 0.3 is 5.97 Å². The Morgan fingerprint density at radius 3 is 2.22 bits per heavy atom. The van der Waals surface area contributed by atoms with Crippen LogP contribution in [0, 0.1) is 13.8 Å². The lowest BCUT2D eigenvalue weighted by molar-refractivity contribution is 0.0693. The number of hydrogen-bond acceptors (Lipinski definition) is 4. The van der Waals surface area contributed by atoms with E-state index in [4.69, 9.17) is 4.74 Å². The monoisotopic (exact) mass is 433 g/mol. The average Bonchev–Trinajstić information content (AvgIpc) is 3.16. The zero-order chi connectivity index (χ0) is 22.8. The van der Waals surface area contributed by atoms with Crippen LogP contribution in [-0.2, 0) is 0 Å². The molecule has 0 bridgehead atoms. The van der Waals surface area contributed by atoms with Gasteiger partial charge in [0, 0.05) is 54.9 Å². The fourth-order valence-corrected chi connectivity index (χ4v) is 4.24. The Bertz CT molecular complexity index is 1140. The number of amides is 1. The molecule has 32 heavy (non-hydrogen) atoms. The molecule has 0 aliphatic carbocycles. The number of carbonyl (C=O) groups is 2. The summed E-state index contributed by atoms with van der Waals surface area (Å²) in [6.07, 6.45) is 0. The lowest BCUT2D eigenvalue weighted by Gasteiger charge is -2.36. The molecule has 2 heterocycles. The number of carboxylic acids is 1. The first kappa shape index (κ1) is 21.5. The van der Waals surface area contributed by atoms with Gasteiger partial charge in [-0.1, -0.05) is 6.07 Å². The second-order valence-corrected chi connectivity index (χ2v) is 7.97. The van der Waals surface area contributed by atoms with Crippen molar-refractivity contribution in [3.63, 3.8) is 0 Å². The van der Waals surface area contributed by atoms with Gasteiger partial charge in [-0.25, -0.2) is 4.79 Å². The van der Waals surface area contributed by atoms with Crippen molar-refractivity contribution in [2.45, 2.75) is 13.8 Å². The SMILES string of the molecule is COc1cccc(N2CCN(C(=O)c3ccc(C(=O)O)c(-n4c(C)ccc4C)c3)CC2)c1. The van der Waals surface area contributed by atoms with Crippen molar-refractivity contribution >= 4 is 17.6 Å². The molecule has 1 fully saturated rings. The Labute approximate surface area is 187 Å². The van der Waals surface area contributed by atoms with Crippen molar-refractivity contribution in [2.24, 2.45) is 0 Å². The van der Waals surface area contributed by atoms with Crippen LogP contribution in [0.5, 0.6) is 5.75 Å². The second-order valence-electron chi connectivity index (χ2n) is 7.97. The number of piperazine rings is 1. The van der Waals surface area contributed by atoms with Gasteiger partial charge in [0.1, 0.15) is 5.75 Å². The van der Waals surface area contributed by atoms with Crippen LogP contribution in [0.15, 0.2) is 54.6 Å². The molecule has 4 rings (SSSR count). The fourth-order valence-electron chi connectivity index (χ4n) is 4.24. The van der Waals surface area contributed by atoms with Gasteiger partial charge in [0.15, 0.2) is 0 Å². The number of benzene rings is 2. The highest BCUT2D eigenvalue weighted by molar-refractivity contribution is 5.98. The summed E-state index contributed by atoms with van der Waals surface area (Å²) in [6.45, 7) is 6.46. The number of nitrogens with zero attached hydrogens (tertiary/aromatic N) is 3. The highest BCUT2D eigenvalue weighted by atomic mass is 16.5. The van der Waals surface area contributed by atoms with Crippen molar-refractivity contribution in [2.75, 3.05) is 38.2 Å². The molecule has 0 spiro atoms. The Kier molecular flexibility index (Phi) is 5.90. The van der Waals surface area contributed by atoms with Crippen LogP contribution in [-0.4, -0.2) is 59.7 Å². The van der Waals surface area contributed by atoms with Gasteiger partial charge in [0.05, 0.1) is 18.4 Å². The van der Waals surface area contributed by atoms with Gasteiger partial charge < -0.3 is 24.2 Å². The van der Waals surface area contributed by atoms with E-state index in [1.54, 1.807) is 19.2 Å². The summed E-state index contributed by atoms with van der Waals surface area (Å²) in [5.41, 5.74) is 4.09.